The summed E-state index contributed by atoms with van der Waals surface area (Å²) in [6, 6.07) is 18.8. The Labute approximate surface area is 202 Å². The van der Waals surface area contributed by atoms with Crippen molar-refractivity contribution in [2.75, 3.05) is 0 Å². The molecule has 2 aromatic heterocycles. The average molecular weight is 543 g/mol. The number of hydrogen-bond acceptors (Lipinski definition) is 6. The number of aromatic nitrogens is 2. The topological polar surface area (TPSA) is 102 Å². The van der Waals surface area contributed by atoms with Gasteiger partial charge in [0.05, 0.1) is 4.90 Å². The highest BCUT2D eigenvalue weighted by atomic mass is 79.9. The van der Waals surface area contributed by atoms with Crippen LogP contribution in [0.4, 0.5) is 0 Å². The number of pyridine rings is 1. The molecule has 0 amide bonds. The second-order valence-electron chi connectivity index (χ2n) is 6.70. The Morgan fingerprint density at radius 1 is 1.09 bits per heavy atom. The van der Waals surface area contributed by atoms with E-state index in [1.54, 1.807) is 48.5 Å². The van der Waals surface area contributed by atoms with Crippen LogP contribution in [0, 0.1) is 11.3 Å². The molecule has 0 saturated heterocycles. The SMILES string of the molecule is N#CC(=Cc1c(Oc2ccc(Br)cc2)nc2ccccn2c1=O)S(=O)(=O)c1ccc(Cl)cc1. The van der Waals surface area contributed by atoms with Gasteiger partial charge in [0.2, 0.25) is 15.7 Å². The van der Waals surface area contributed by atoms with E-state index < -0.39 is 20.3 Å². The number of sulfone groups is 1. The van der Waals surface area contributed by atoms with Crippen LogP contribution in [0.5, 0.6) is 11.6 Å². The van der Waals surface area contributed by atoms with Crippen LogP contribution in [-0.2, 0) is 9.84 Å². The van der Waals surface area contributed by atoms with E-state index in [4.69, 9.17) is 16.3 Å². The van der Waals surface area contributed by atoms with E-state index >= 15 is 0 Å². The van der Waals surface area contributed by atoms with Crippen LogP contribution in [0.25, 0.3) is 11.7 Å². The number of rotatable bonds is 5. The van der Waals surface area contributed by atoms with E-state index in [-0.39, 0.29) is 16.3 Å². The molecule has 0 bridgehead atoms. The molecule has 0 atom stereocenters. The molecule has 0 spiro atoms. The number of fused-ring (bicyclic) bond motifs is 1. The zero-order valence-electron chi connectivity index (χ0n) is 16.6. The fourth-order valence-electron chi connectivity index (χ4n) is 2.94. The fraction of sp³-hybridized carbons (Fsp3) is 0. The van der Waals surface area contributed by atoms with Gasteiger partial charge in [0, 0.05) is 15.7 Å². The lowest BCUT2D eigenvalue weighted by atomic mass is 10.2. The maximum absolute atomic E-state index is 13.2. The number of nitrogens with zero attached hydrogens (tertiary/aromatic N) is 3. The highest BCUT2D eigenvalue weighted by Crippen LogP contribution is 2.28. The van der Waals surface area contributed by atoms with Crippen LogP contribution in [0.1, 0.15) is 5.56 Å². The zero-order chi connectivity index (χ0) is 23.6. The molecular weight excluding hydrogens is 530 g/mol. The Hall–Kier alpha value is -3.45. The molecule has 164 valence electrons. The summed E-state index contributed by atoms with van der Waals surface area (Å²) in [6.07, 6.45) is 2.47. The number of halogens is 2. The van der Waals surface area contributed by atoms with Gasteiger partial charge in [-0.3, -0.25) is 9.20 Å². The van der Waals surface area contributed by atoms with Crippen LogP contribution in [0.3, 0.4) is 0 Å². The molecule has 0 aliphatic carbocycles. The summed E-state index contributed by atoms with van der Waals surface area (Å²) in [7, 11) is -4.23. The van der Waals surface area contributed by atoms with Gasteiger partial charge in [0.15, 0.2) is 0 Å². The first-order valence-corrected chi connectivity index (χ1v) is 12.0. The highest BCUT2D eigenvalue weighted by molar-refractivity contribution is 9.10. The van der Waals surface area contributed by atoms with Crippen molar-refractivity contribution in [1.29, 1.82) is 5.26 Å². The molecular formula is C23H13BrClN3O4S. The number of hydrogen-bond donors (Lipinski definition) is 0. The highest BCUT2D eigenvalue weighted by Gasteiger charge is 2.23. The average Bonchev–Trinajstić information content (AvgIpc) is 2.80. The van der Waals surface area contributed by atoms with Crippen molar-refractivity contribution >= 4 is 49.1 Å². The second kappa shape index (κ2) is 9.19. The molecule has 0 N–H and O–H groups in total. The Kier molecular flexibility index (Phi) is 6.33. The minimum atomic E-state index is -4.23. The number of ether oxygens (including phenoxy) is 1. The molecule has 7 nitrogen and oxygen atoms in total. The van der Waals surface area contributed by atoms with Crippen LogP contribution >= 0.6 is 27.5 Å². The standard InChI is InChI=1S/C23H13BrClN3O4S/c24-15-4-8-17(9-5-15)32-22-20(23(29)28-12-2-1-3-21(28)27-22)13-19(14-26)33(30,31)18-10-6-16(25)7-11-18/h1-13H. The third kappa shape index (κ3) is 4.68. The third-order valence-corrected chi connectivity index (χ3v) is 7.02. The molecule has 4 rings (SSSR count). The fourth-order valence-corrected chi connectivity index (χ4v) is 4.47. The van der Waals surface area contributed by atoms with Crippen molar-refractivity contribution in [3.63, 3.8) is 0 Å². The number of nitriles is 1. The lowest BCUT2D eigenvalue weighted by Gasteiger charge is -2.10. The second-order valence-corrected chi connectivity index (χ2v) is 9.97. The summed E-state index contributed by atoms with van der Waals surface area (Å²) in [5, 5.41) is 10.0. The molecule has 33 heavy (non-hydrogen) atoms. The van der Waals surface area contributed by atoms with Crippen molar-refractivity contribution in [3.8, 4) is 17.7 Å². The molecule has 0 radical (unpaired) electrons. The Balaban J connectivity index is 1.92. The molecule has 2 heterocycles. The van der Waals surface area contributed by atoms with Gasteiger partial charge in [-0.25, -0.2) is 8.42 Å². The van der Waals surface area contributed by atoms with Gasteiger partial charge < -0.3 is 4.74 Å². The van der Waals surface area contributed by atoms with Gasteiger partial charge in [-0.05, 0) is 66.7 Å². The summed E-state index contributed by atoms with van der Waals surface area (Å²) in [6.45, 7) is 0. The molecule has 0 fully saturated rings. The van der Waals surface area contributed by atoms with Crippen LogP contribution in [-0.4, -0.2) is 17.8 Å². The Morgan fingerprint density at radius 2 is 1.79 bits per heavy atom. The van der Waals surface area contributed by atoms with Gasteiger partial charge in [-0.1, -0.05) is 33.6 Å². The monoisotopic (exact) mass is 541 g/mol. The summed E-state index contributed by atoms with van der Waals surface area (Å²) in [5.41, 5.74) is -0.478. The van der Waals surface area contributed by atoms with Gasteiger partial charge in [-0.15, -0.1) is 0 Å². The van der Waals surface area contributed by atoms with E-state index in [2.05, 4.69) is 20.9 Å². The lowest BCUT2D eigenvalue weighted by Crippen LogP contribution is -2.19. The summed E-state index contributed by atoms with van der Waals surface area (Å²) in [4.78, 5) is 16.8. The van der Waals surface area contributed by atoms with E-state index in [9.17, 15) is 18.5 Å². The summed E-state index contributed by atoms with van der Waals surface area (Å²) >= 11 is 9.18. The van der Waals surface area contributed by atoms with Gasteiger partial charge in [0.25, 0.3) is 5.56 Å². The first-order chi connectivity index (χ1) is 15.8. The van der Waals surface area contributed by atoms with Crippen LogP contribution < -0.4 is 10.3 Å². The molecule has 0 aliphatic heterocycles. The minimum absolute atomic E-state index is 0.132. The van der Waals surface area contributed by atoms with E-state index in [1.165, 1.54) is 34.9 Å². The molecule has 0 unspecified atom stereocenters. The lowest BCUT2D eigenvalue weighted by molar-refractivity contribution is 0.461. The van der Waals surface area contributed by atoms with Gasteiger partial charge in [-0.2, -0.15) is 10.2 Å². The maximum Gasteiger partial charge on any atom is 0.269 e. The third-order valence-electron chi connectivity index (χ3n) is 4.56. The molecule has 0 saturated carbocycles. The van der Waals surface area contributed by atoms with Gasteiger partial charge >= 0.3 is 0 Å². The molecule has 10 heteroatoms. The first-order valence-electron chi connectivity index (χ1n) is 9.37. The number of benzene rings is 2. The molecule has 0 aliphatic rings. The minimum Gasteiger partial charge on any atom is -0.438 e. The van der Waals surface area contributed by atoms with Crippen LogP contribution in [0.15, 0.2) is 92.0 Å². The quantitative estimate of drug-likeness (QED) is 0.320. The van der Waals surface area contributed by atoms with Crippen LogP contribution in [0.2, 0.25) is 5.02 Å². The number of allylic oxidation sites excluding steroid dienone is 1. The zero-order valence-corrected chi connectivity index (χ0v) is 19.8. The van der Waals surface area contributed by atoms with Crippen molar-refractivity contribution < 1.29 is 13.2 Å². The summed E-state index contributed by atoms with van der Waals surface area (Å²) < 4.78 is 34.0. The largest absolute Gasteiger partial charge is 0.438 e. The van der Waals surface area contributed by atoms with Crippen molar-refractivity contribution in [1.82, 2.24) is 9.38 Å². The smallest absolute Gasteiger partial charge is 0.269 e. The van der Waals surface area contributed by atoms with Crippen molar-refractivity contribution in [2.24, 2.45) is 0 Å². The predicted octanol–water partition coefficient (Wildman–Crippen LogP) is 5.24. The summed E-state index contributed by atoms with van der Waals surface area (Å²) in [5.74, 6) is 0.242. The molecule has 4 aromatic rings. The maximum atomic E-state index is 13.2. The van der Waals surface area contributed by atoms with Gasteiger partial charge in [0.1, 0.15) is 27.9 Å². The molecule has 2 aromatic carbocycles. The Bertz CT molecular complexity index is 1590. The van der Waals surface area contributed by atoms with Crippen molar-refractivity contribution in [3.05, 3.63) is 103 Å². The normalized spacial score (nSPS) is 11.8. The van der Waals surface area contributed by atoms with E-state index in [1.807, 2.05) is 0 Å². The first kappa shape index (κ1) is 22.7. The van der Waals surface area contributed by atoms with E-state index in [0.717, 1.165) is 10.5 Å². The van der Waals surface area contributed by atoms with Crippen molar-refractivity contribution in [2.45, 2.75) is 4.90 Å². The van der Waals surface area contributed by atoms with E-state index in [0.29, 0.717) is 16.4 Å². The Morgan fingerprint density at radius 3 is 2.45 bits per heavy atom. The predicted molar refractivity (Wildman–Crippen MR) is 128 cm³/mol.